The van der Waals surface area contributed by atoms with Crippen LogP contribution in [0.2, 0.25) is 0 Å². The maximum Gasteiger partial charge on any atom is 0.249 e. The van der Waals surface area contributed by atoms with E-state index in [-0.39, 0.29) is 12.3 Å². The van der Waals surface area contributed by atoms with Crippen molar-refractivity contribution in [1.29, 1.82) is 0 Å². The zero-order valence-electron chi connectivity index (χ0n) is 11.0. The Labute approximate surface area is 116 Å². The zero-order chi connectivity index (χ0) is 14.5. The fourth-order valence-electron chi connectivity index (χ4n) is 2.16. The third kappa shape index (κ3) is 3.54. The van der Waals surface area contributed by atoms with E-state index in [0.717, 1.165) is 6.42 Å². The third-order valence-electron chi connectivity index (χ3n) is 3.26. The van der Waals surface area contributed by atoms with Crippen LogP contribution in [0.4, 0.5) is 4.39 Å². The second kappa shape index (κ2) is 6.47. The maximum atomic E-state index is 13.6. The molecule has 1 aliphatic rings. The second-order valence-corrected chi connectivity index (χ2v) is 4.76. The fourth-order valence-corrected chi connectivity index (χ4v) is 2.16. The lowest BCUT2D eigenvalue weighted by Crippen LogP contribution is -2.49. The first-order chi connectivity index (χ1) is 9.58. The van der Waals surface area contributed by atoms with Crippen LogP contribution in [0, 0.1) is 5.82 Å². The topological polar surface area (TPSA) is 81.4 Å². The molecule has 0 spiro atoms. The van der Waals surface area contributed by atoms with Gasteiger partial charge in [0.15, 0.2) is 0 Å². The van der Waals surface area contributed by atoms with Crippen molar-refractivity contribution in [3.05, 3.63) is 35.6 Å². The van der Waals surface area contributed by atoms with E-state index in [4.69, 9.17) is 10.5 Å². The van der Waals surface area contributed by atoms with Crippen LogP contribution >= 0.6 is 0 Å². The Morgan fingerprint density at radius 3 is 2.80 bits per heavy atom. The number of halogens is 1. The van der Waals surface area contributed by atoms with E-state index in [1.807, 2.05) is 0 Å². The second-order valence-electron chi connectivity index (χ2n) is 4.76. The summed E-state index contributed by atoms with van der Waals surface area (Å²) in [4.78, 5) is 23.3. The summed E-state index contributed by atoms with van der Waals surface area (Å²) in [5, 5.41) is 2.53. The van der Waals surface area contributed by atoms with Gasteiger partial charge in [-0.25, -0.2) is 4.39 Å². The summed E-state index contributed by atoms with van der Waals surface area (Å²) < 4.78 is 18.8. The number of ether oxygens (including phenoxy) is 1. The van der Waals surface area contributed by atoms with Gasteiger partial charge in [0.05, 0.1) is 0 Å². The van der Waals surface area contributed by atoms with E-state index >= 15 is 0 Å². The van der Waals surface area contributed by atoms with Crippen molar-refractivity contribution in [3.63, 3.8) is 0 Å². The van der Waals surface area contributed by atoms with Gasteiger partial charge in [-0.2, -0.15) is 0 Å². The summed E-state index contributed by atoms with van der Waals surface area (Å²) in [6.45, 7) is 0.534. The summed E-state index contributed by atoms with van der Waals surface area (Å²) in [6, 6.07) is 5.14. The molecular weight excluding hydrogens is 263 g/mol. The van der Waals surface area contributed by atoms with Crippen molar-refractivity contribution in [3.8, 4) is 0 Å². The molecule has 0 unspecified atom stereocenters. The summed E-state index contributed by atoms with van der Waals surface area (Å²) >= 11 is 0. The number of benzene rings is 1. The molecule has 20 heavy (non-hydrogen) atoms. The molecule has 108 valence electrons. The lowest BCUT2D eigenvalue weighted by molar-refractivity contribution is -0.133. The molecule has 1 aromatic carbocycles. The predicted molar refractivity (Wildman–Crippen MR) is 70.2 cm³/mol. The van der Waals surface area contributed by atoms with Crippen LogP contribution in [0.1, 0.15) is 18.4 Å². The number of primary amides is 1. The largest absolute Gasteiger partial charge is 0.368 e. The molecule has 2 rings (SSSR count). The average Bonchev–Trinajstić information content (AvgIpc) is 2.94. The van der Waals surface area contributed by atoms with Gasteiger partial charge < -0.3 is 15.8 Å². The average molecular weight is 280 g/mol. The van der Waals surface area contributed by atoms with Gasteiger partial charge in [0.1, 0.15) is 18.0 Å². The maximum absolute atomic E-state index is 13.6. The van der Waals surface area contributed by atoms with Gasteiger partial charge in [-0.1, -0.05) is 18.2 Å². The first-order valence-electron chi connectivity index (χ1n) is 6.52. The predicted octanol–water partition coefficient (Wildman–Crippen LogP) is 0.517. The van der Waals surface area contributed by atoms with Crippen LogP contribution in [0.5, 0.6) is 0 Å². The quantitative estimate of drug-likeness (QED) is 0.825. The highest BCUT2D eigenvalue weighted by Crippen LogP contribution is 2.13. The summed E-state index contributed by atoms with van der Waals surface area (Å²) in [5.41, 5.74) is 5.60. The third-order valence-corrected chi connectivity index (χ3v) is 3.26. The highest BCUT2D eigenvalue weighted by Gasteiger charge is 2.27. The summed E-state index contributed by atoms with van der Waals surface area (Å²) in [5.74, 6) is -1.49. The fraction of sp³-hybridized carbons (Fsp3) is 0.429. The number of nitrogens with two attached hydrogens (primary N) is 1. The summed E-state index contributed by atoms with van der Waals surface area (Å²) in [7, 11) is 0. The van der Waals surface area contributed by atoms with E-state index in [9.17, 15) is 14.0 Å². The monoisotopic (exact) mass is 280 g/mol. The standard InChI is InChI=1S/C14H17FN2O3/c15-10-5-2-1-4-9(10)8-11(13(16)18)17-14(19)12-6-3-7-20-12/h1-2,4-5,11-12H,3,6-8H2,(H2,16,18)(H,17,19)/t11-,12+/m1/s1. The Morgan fingerprint density at radius 2 is 2.20 bits per heavy atom. The first kappa shape index (κ1) is 14.5. The molecule has 5 nitrogen and oxygen atoms in total. The zero-order valence-corrected chi connectivity index (χ0v) is 11.0. The number of hydrogen-bond donors (Lipinski definition) is 2. The molecule has 0 aromatic heterocycles. The lowest BCUT2D eigenvalue weighted by Gasteiger charge is -2.18. The van der Waals surface area contributed by atoms with Crippen molar-refractivity contribution in [2.45, 2.75) is 31.4 Å². The van der Waals surface area contributed by atoms with Crippen LogP contribution in [-0.2, 0) is 20.7 Å². The van der Waals surface area contributed by atoms with Crippen LogP contribution in [0.25, 0.3) is 0 Å². The molecule has 0 radical (unpaired) electrons. The van der Waals surface area contributed by atoms with Crippen molar-refractivity contribution in [2.24, 2.45) is 5.73 Å². The van der Waals surface area contributed by atoms with Crippen LogP contribution in [0.3, 0.4) is 0 Å². The van der Waals surface area contributed by atoms with Crippen LogP contribution in [0.15, 0.2) is 24.3 Å². The van der Waals surface area contributed by atoms with E-state index < -0.39 is 23.9 Å². The smallest absolute Gasteiger partial charge is 0.249 e. The number of nitrogens with one attached hydrogen (secondary N) is 1. The van der Waals surface area contributed by atoms with Gasteiger partial charge in [-0.15, -0.1) is 0 Å². The lowest BCUT2D eigenvalue weighted by atomic mass is 10.0. The number of amides is 2. The molecule has 3 N–H and O–H groups in total. The molecule has 0 bridgehead atoms. The Kier molecular flexibility index (Phi) is 4.68. The number of hydrogen-bond acceptors (Lipinski definition) is 3. The highest BCUT2D eigenvalue weighted by atomic mass is 19.1. The molecular formula is C14H17FN2O3. The van der Waals surface area contributed by atoms with E-state index in [0.29, 0.717) is 18.6 Å². The number of carbonyl (C=O) groups excluding carboxylic acids is 2. The molecule has 1 heterocycles. The first-order valence-corrected chi connectivity index (χ1v) is 6.52. The van der Waals surface area contributed by atoms with Gasteiger partial charge >= 0.3 is 0 Å². The molecule has 0 saturated carbocycles. The molecule has 1 aliphatic heterocycles. The van der Waals surface area contributed by atoms with Gasteiger partial charge in [-0.05, 0) is 24.5 Å². The molecule has 1 saturated heterocycles. The van der Waals surface area contributed by atoms with E-state index in [2.05, 4.69) is 5.32 Å². The minimum absolute atomic E-state index is 0.0282. The number of carbonyl (C=O) groups is 2. The van der Waals surface area contributed by atoms with Crippen molar-refractivity contribution in [1.82, 2.24) is 5.32 Å². The SMILES string of the molecule is NC(=O)[C@@H](Cc1ccccc1F)NC(=O)[C@@H]1CCCO1. The van der Waals surface area contributed by atoms with Gasteiger partial charge in [-0.3, -0.25) is 9.59 Å². The molecule has 2 amide bonds. The van der Waals surface area contributed by atoms with Crippen molar-refractivity contribution < 1.29 is 18.7 Å². The Hall–Kier alpha value is -1.95. The highest BCUT2D eigenvalue weighted by molar-refractivity contribution is 5.88. The molecule has 6 heteroatoms. The molecule has 1 fully saturated rings. The Balaban J connectivity index is 2.02. The minimum Gasteiger partial charge on any atom is -0.368 e. The number of rotatable bonds is 5. The molecule has 1 aromatic rings. The van der Waals surface area contributed by atoms with Crippen molar-refractivity contribution >= 4 is 11.8 Å². The van der Waals surface area contributed by atoms with Gasteiger partial charge in [0, 0.05) is 13.0 Å². The van der Waals surface area contributed by atoms with Crippen LogP contribution < -0.4 is 11.1 Å². The van der Waals surface area contributed by atoms with Gasteiger partial charge in [0.25, 0.3) is 0 Å². The van der Waals surface area contributed by atoms with Crippen molar-refractivity contribution in [2.75, 3.05) is 6.61 Å². The Bertz CT molecular complexity index is 501. The van der Waals surface area contributed by atoms with Crippen LogP contribution in [-0.4, -0.2) is 30.6 Å². The molecule has 2 atom stereocenters. The van der Waals surface area contributed by atoms with E-state index in [1.54, 1.807) is 18.2 Å². The normalized spacial score (nSPS) is 19.6. The minimum atomic E-state index is -0.941. The Morgan fingerprint density at radius 1 is 1.45 bits per heavy atom. The summed E-state index contributed by atoms with van der Waals surface area (Å²) in [6.07, 6.45) is 0.918. The van der Waals surface area contributed by atoms with E-state index in [1.165, 1.54) is 6.07 Å². The molecule has 0 aliphatic carbocycles. The van der Waals surface area contributed by atoms with Gasteiger partial charge in [0.2, 0.25) is 11.8 Å².